The van der Waals surface area contributed by atoms with E-state index in [2.05, 4.69) is 15.4 Å². The van der Waals surface area contributed by atoms with Crippen molar-refractivity contribution in [2.75, 3.05) is 11.9 Å². The van der Waals surface area contributed by atoms with E-state index in [1.54, 1.807) is 26.0 Å². The minimum absolute atomic E-state index is 0.109. The molecule has 3 rings (SSSR count). The van der Waals surface area contributed by atoms with Crippen LogP contribution in [0.2, 0.25) is 0 Å². The van der Waals surface area contributed by atoms with Gasteiger partial charge in [0.15, 0.2) is 0 Å². The van der Waals surface area contributed by atoms with Crippen molar-refractivity contribution in [3.63, 3.8) is 0 Å². The molecule has 7 nitrogen and oxygen atoms in total. The fourth-order valence-corrected chi connectivity index (χ4v) is 2.45. The van der Waals surface area contributed by atoms with Crippen LogP contribution in [0.1, 0.15) is 31.5 Å². The van der Waals surface area contributed by atoms with Crippen molar-refractivity contribution in [3.8, 4) is 0 Å². The largest absolute Gasteiger partial charge is 0.467 e. The molecule has 0 amide bonds. The fourth-order valence-electron chi connectivity index (χ4n) is 2.45. The molecule has 0 bridgehead atoms. The molecule has 1 aliphatic heterocycles. The summed E-state index contributed by atoms with van der Waals surface area (Å²) in [5.74, 6) is -1.86. The average Bonchev–Trinajstić information content (AvgIpc) is 3.14. The number of carbonyl (C=O) groups is 1. The van der Waals surface area contributed by atoms with Crippen LogP contribution in [-0.4, -0.2) is 27.3 Å². The number of nitrogens with one attached hydrogen (secondary N) is 1. The van der Waals surface area contributed by atoms with Gasteiger partial charge >= 0.3 is 12.1 Å². The summed E-state index contributed by atoms with van der Waals surface area (Å²) in [5.41, 5.74) is 0.432. The Balaban J connectivity index is 2.15. The number of aromatic nitrogens is 3. The lowest BCUT2D eigenvalue weighted by atomic mass is 10.0. The third-order valence-electron chi connectivity index (χ3n) is 3.41. The van der Waals surface area contributed by atoms with Crippen LogP contribution in [0.4, 0.5) is 19.1 Å². The van der Waals surface area contributed by atoms with E-state index < -0.39 is 24.0 Å². The van der Waals surface area contributed by atoms with E-state index in [1.165, 1.54) is 6.26 Å². The summed E-state index contributed by atoms with van der Waals surface area (Å²) in [6.07, 6.45) is -3.35. The highest BCUT2D eigenvalue weighted by Crippen LogP contribution is 2.37. The summed E-state index contributed by atoms with van der Waals surface area (Å²) in [4.78, 5) is 15.7. The van der Waals surface area contributed by atoms with E-state index in [0.29, 0.717) is 5.70 Å². The molecular formula is C14H13F3N4O3. The first kappa shape index (κ1) is 16.1. The van der Waals surface area contributed by atoms with Gasteiger partial charge in [-0.25, -0.2) is 9.48 Å². The number of anilines is 1. The Morgan fingerprint density at radius 1 is 1.50 bits per heavy atom. The molecule has 128 valence electrons. The number of nitrogens with zero attached hydrogens (tertiary/aromatic N) is 3. The van der Waals surface area contributed by atoms with Gasteiger partial charge in [0, 0.05) is 5.70 Å². The average molecular weight is 342 g/mol. The van der Waals surface area contributed by atoms with Gasteiger partial charge < -0.3 is 14.5 Å². The number of hydrogen-bond acceptors (Lipinski definition) is 6. The van der Waals surface area contributed by atoms with E-state index >= 15 is 0 Å². The quantitative estimate of drug-likeness (QED) is 0.864. The molecule has 0 aliphatic carbocycles. The smallest absolute Gasteiger partial charge is 0.453 e. The molecule has 2 aromatic rings. The zero-order valence-electron chi connectivity index (χ0n) is 12.7. The van der Waals surface area contributed by atoms with Crippen molar-refractivity contribution in [3.05, 3.63) is 41.3 Å². The van der Waals surface area contributed by atoms with Crippen LogP contribution in [-0.2, 0) is 15.7 Å². The van der Waals surface area contributed by atoms with Crippen molar-refractivity contribution >= 4 is 11.9 Å². The third-order valence-corrected chi connectivity index (χ3v) is 3.41. The minimum atomic E-state index is -4.71. The molecule has 24 heavy (non-hydrogen) atoms. The van der Waals surface area contributed by atoms with Crippen LogP contribution >= 0.6 is 0 Å². The molecule has 0 aromatic carbocycles. The lowest BCUT2D eigenvalue weighted by Gasteiger charge is -2.26. The lowest BCUT2D eigenvalue weighted by Crippen LogP contribution is -2.29. The van der Waals surface area contributed by atoms with E-state index in [0.717, 1.165) is 4.68 Å². The van der Waals surface area contributed by atoms with Crippen molar-refractivity contribution in [2.24, 2.45) is 0 Å². The Kier molecular flexibility index (Phi) is 3.82. The molecule has 1 aliphatic rings. The second-order valence-corrected chi connectivity index (χ2v) is 5.00. The molecule has 2 aromatic heterocycles. The van der Waals surface area contributed by atoms with Crippen LogP contribution in [0, 0.1) is 0 Å². The lowest BCUT2D eigenvalue weighted by molar-refractivity contribution is -0.145. The van der Waals surface area contributed by atoms with Crippen LogP contribution in [0.5, 0.6) is 0 Å². The highest BCUT2D eigenvalue weighted by molar-refractivity contribution is 5.92. The minimum Gasteiger partial charge on any atom is -0.467 e. The van der Waals surface area contributed by atoms with Gasteiger partial charge in [0.1, 0.15) is 11.8 Å². The Morgan fingerprint density at radius 3 is 2.83 bits per heavy atom. The first-order valence-corrected chi connectivity index (χ1v) is 7.05. The summed E-state index contributed by atoms with van der Waals surface area (Å²) in [5, 5.41) is 6.16. The van der Waals surface area contributed by atoms with Gasteiger partial charge in [-0.2, -0.15) is 18.2 Å². The Bertz CT molecular complexity index is 793. The fraction of sp³-hybridized carbons (Fsp3) is 0.357. The SMILES string of the molecule is CCOC(=O)C1=C(C)Nc2nc(C(F)(F)F)nn2C1c1ccco1. The van der Waals surface area contributed by atoms with Crippen LogP contribution in [0.25, 0.3) is 0 Å². The van der Waals surface area contributed by atoms with Gasteiger partial charge in [-0.3, -0.25) is 0 Å². The Morgan fingerprint density at radius 2 is 2.25 bits per heavy atom. The maximum atomic E-state index is 12.9. The topological polar surface area (TPSA) is 82.2 Å². The second-order valence-electron chi connectivity index (χ2n) is 5.00. The number of carbonyl (C=O) groups excluding carboxylic acids is 1. The molecule has 1 unspecified atom stereocenters. The van der Waals surface area contributed by atoms with E-state index in [1.807, 2.05) is 0 Å². The molecule has 3 heterocycles. The molecule has 1 atom stereocenters. The van der Waals surface area contributed by atoms with Crippen molar-refractivity contribution in [1.29, 1.82) is 0 Å². The second kappa shape index (κ2) is 5.69. The number of allylic oxidation sites excluding steroid dienone is 1. The van der Waals surface area contributed by atoms with E-state index in [4.69, 9.17) is 9.15 Å². The number of furan rings is 1. The number of rotatable bonds is 3. The summed E-state index contributed by atoms with van der Waals surface area (Å²) < 4.78 is 50.0. The zero-order valence-corrected chi connectivity index (χ0v) is 12.7. The van der Waals surface area contributed by atoms with Gasteiger partial charge in [0.05, 0.1) is 18.4 Å². The zero-order chi connectivity index (χ0) is 17.5. The Labute approximate surface area is 134 Å². The number of alkyl halides is 3. The number of halogens is 3. The van der Waals surface area contributed by atoms with Crippen molar-refractivity contribution in [2.45, 2.75) is 26.1 Å². The number of esters is 1. The highest BCUT2D eigenvalue weighted by Gasteiger charge is 2.42. The summed E-state index contributed by atoms with van der Waals surface area (Å²) >= 11 is 0. The molecule has 0 spiro atoms. The standard InChI is InChI=1S/C14H13F3N4O3/c1-3-23-11(22)9-7(2)18-13-19-12(14(15,16)17)20-21(13)10(9)8-5-4-6-24-8/h4-6,10H,3H2,1-2H3,(H,18,19,20). The maximum Gasteiger partial charge on any atom is 0.453 e. The van der Waals surface area contributed by atoms with Gasteiger partial charge in [-0.15, -0.1) is 5.10 Å². The molecule has 1 N–H and O–H groups in total. The summed E-state index contributed by atoms with van der Waals surface area (Å²) in [6.45, 7) is 3.31. The van der Waals surface area contributed by atoms with Gasteiger partial charge in [-0.1, -0.05) is 0 Å². The summed E-state index contributed by atoms with van der Waals surface area (Å²) in [7, 11) is 0. The predicted octanol–water partition coefficient (Wildman–Crippen LogP) is 2.74. The predicted molar refractivity (Wildman–Crippen MR) is 74.8 cm³/mol. The molecular weight excluding hydrogens is 329 g/mol. The highest BCUT2D eigenvalue weighted by atomic mass is 19.4. The monoisotopic (exact) mass is 342 g/mol. The van der Waals surface area contributed by atoms with E-state index in [9.17, 15) is 18.0 Å². The van der Waals surface area contributed by atoms with Crippen molar-refractivity contribution in [1.82, 2.24) is 14.8 Å². The molecule has 0 radical (unpaired) electrons. The van der Waals surface area contributed by atoms with Crippen molar-refractivity contribution < 1.29 is 27.1 Å². The first-order valence-electron chi connectivity index (χ1n) is 7.05. The maximum absolute atomic E-state index is 12.9. The Hall–Kier alpha value is -2.78. The van der Waals surface area contributed by atoms with Gasteiger partial charge in [0.25, 0.3) is 5.82 Å². The number of fused-ring (bicyclic) bond motifs is 1. The van der Waals surface area contributed by atoms with Gasteiger partial charge in [-0.05, 0) is 26.0 Å². The molecule has 0 saturated carbocycles. The van der Waals surface area contributed by atoms with Crippen LogP contribution < -0.4 is 5.32 Å². The number of hydrogen-bond donors (Lipinski definition) is 1. The van der Waals surface area contributed by atoms with E-state index in [-0.39, 0.29) is 23.9 Å². The molecule has 0 saturated heterocycles. The normalized spacial score (nSPS) is 17.5. The van der Waals surface area contributed by atoms with Crippen LogP contribution in [0.3, 0.4) is 0 Å². The van der Waals surface area contributed by atoms with Crippen LogP contribution in [0.15, 0.2) is 34.1 Å². The first-order chi connectivity index (χ1) is 11.3. The third kappa shape index (κ3) is 2.63. The molecule has 10 heteroatoms. The summed E-state index contributed by atoms with van der Waals surface area (Å²) in [6, 6.07) is 2.11. The van der Waals surface area contributed by atoms with Gasteiger partial charge in [0.2, 0.25) is 5.95 Å². The number of ether oxygens (including phenoxy) is 1. The molecule has 0 fully saturated rings.